The fourth-order valence-corrected chi connectivity index (χ4v) is 4.53. The van der Waals surface area contributed by atoms with Crippen molar-refractivity contribution in [3.05, 3.63) is 64.7 Å². The molecule has 0 heterocycles. The highest BCUT2D eigenvalue weighted by Crippen LogP contribution is 2.52. The smallest absolute Gasteiger partial charge is 0.383 e. The molecule has 0 aliphatic rings. The zero-order valence-electron chi connectivity index (χ0n) is 13.6. The third kappa shape index (κ3) is 4.22. The Bertz CT molecular complexity index is 657. The maximum atomic E-state index is 13.1. The van der Waals surface area contributed by atoms with Crippen LogP contribution in [0.5, 0.6) is 5.75 Å². The van der Waals surface area contributed by atoms with Gasteiger partial charge in [-0.25, -0.2) is 4.57 Å². The van der Waals surface area contributed by atoms with Crippen molar-refractivity contribution in [2.24, 2.45) is 0 Å². The summed E-state index contributed by atoms with van der Waals surface area (Å²) in [5.41, 5.74) is 4.48. The Morgan fingerprint density at radius 3 is 2.14 bits per heavy atom. The first kappa shape index (κ1) is 16.8. The van der Waals surface area contributed by atoms with E-state index >= 15 is 0 Å². The highest BCUT2D eigenvalue weighted by Gasteiger charge is 2.28. The van der Waals surface area contributed by atoms with Crippen LogP contribution in [0.15, 0.2) is 42.5 Å². The van der Waals surface area contributed by atoms with Crippen LogP contribution in [-0.2, 0) is 15.3 Å². The van der Waals surface area contributed by atoms with Crippen LogP contribution in [0.3, 0.4) is 0 Å². The Hall–Kier alpha value is -1.57. The molecule has 2 aromatic carbocycles. The number of hydrogen-bond acceptors (Lipinski definition) is 3. The third-order valence-corrected chi connectivity index (χ3v) is 5.35. The predicted molar refractivity (Wildman–Crippen MR) is 90.7 cm³/mol. The second kappa shape index (κ2) is 7.13. The second-order valence-corrected chi connectivity index (χ2v) is 7.45. The molecule has 2 rings (SSSR count). The van der Waals surface area contributed by atoms with Gasteiger partial charge in [0.2, 0.25) is 0 Å². The summed E-state index contributed by atoms with van der Waals surface area (Å²) in [6.07, 6.45) is 0.285. The number of hydrogen-bond donors (Lipinski definition) is 0. The summed E-state index contributed by atoms with van der Waals surface area (Å²) in [5, 5.41) is 0. The van der Waals surface area contributed by atoms with E-state index in [9.17, 15) is 4.57 Å². The van der Waals surface area contributed by atoms with Crippen molar-refractivity contribution >= 4 is 7.60 Å². The number of rotatable bonds is 6. The summed E-state index contributed by atoms with van der Waals surface area (Å²) >= 11 is 0. The van der Waals surface area contributed by atoms with Gasteiger partial charge in [-0.1, -0.05) is 35.9 Å². The molecule has 22 heavy (non-hydrogen) atoms. The zero-order valence-corrected chi connectivity index (χ0v) is 14.5. The predicted octanol–water partition coefficient (Wildman–Crippen LogP) is 5.42. The lowest BCUT2D eigenvalue weighted by Gasteiger charge is -2.21. The molecular formula is C18H23O3P. The molecule has 0 aliphatic carbocycles. The van der Waals surface area contributed by atoms with E-state index < -0.39 is 7.60 Å². The first-order valence-electron chi connectivity index (χ1n) is 7.48. The van der Waals surface area contributed by atoms with Gasteiger partial charge in [0.25, 0.3) is 0 Å². The number of benzene rings is 2. The minimum Gasteiger partial charge on any atom is -0.424 e. The minimum atomic E-state index is -3.23. The van der Waals surface area contributed by atoms with Gasteiger partial charge >= 0.3 is 7.60 Å². The topological polar surface area (TPSA) is 35.5 Å². The van der Waals surface area contributed by atoms with Gasteiger partial charge in [-0.05, 0) is 56.5 Å². The zero-order chi connectivity index (χ0) is 16.2. The molecule has 0 aromatic heterocycles. The average Bonchev–Trinajstić information content (AvgIpc) is 2.44. The van der Waals surface area contributed by atoms with E-state index in [-0.39, 0.29) is 6.16 Å². The van der Waals surface area contributed by atoms with E-state index in [4.69, 9.17) is 9.05 Å². The van der Waals surface area contributed by atoms with Gasteiger partial charge < -0.3 is 4.52 Å². The molecular weight excluding hydrogens is 295 g/mol. The van der Waals surface area contributed by atoms with Gasteiger partial charge in [-0.2, -0.15) is 0 Å². The summed E-state index contributed by atoms with van der Waals surface area (Å²) in [6, 6.07) is 13.4. The highest BCUT2D eigenvalue weighted by molar-refractivity contribution is 7.53. The largest absolute Gasteiger partial charge is 0.424 e. The summed E-state index contributed by atoms with van der Waals surface area (Å²) in [7, 11) is -3.23. The van der Waals surface area contributed by atoms with Crippen LogP contribution >= 0.6 is 7.60 Å². The standard InChI is InChI=1S/C18H23O3P/c1-5-20-22(19,21-17-9-7-6-8-10-17)13-18-15(3)11-14(2)12-16(18)4/h6-12H,5,13H2,1-4H3. The first-order chi connectivity index (χ1) is 10.4. The van der Waals surface area contributed by atoms with Crippen LogP contribution < -0.4 is 4.52 Å². The molecule has 0 spiro atoms. The Balaban J connectivity index is 2.31. The third-order valence-electron chi connectivity index (χ3n) is 3.51. The quantitative estimate of drug-likeness (QED) is 0.667. The van der Waals surface area contributed by atoms with Gasteiger partial charge in [-0.3, -0.25) is 4.52 Å². The average molecular weight is 318 g/mol. The molecule has 3 nitrogen and oxygen atoms in total. The van der Waals surface area contributed by atoms with E-state index in [1.165, 1.54) is 5.56 Å². The van der Waals surface area contributed by atoms with Gasteiger partial charge in [0.1, 0.15) is 5.75 Å². The maximum absolute atomic E-state index is 13.1. The van der Waals surface area contributed by atoms with Crippen molar-refractivity contribution < 1.29 is 13.6 Å². The van der Waals surface area contributed by atoms with Crippen LogP contribution in [-0.4, -0.2) is 6.61 Å². The fraction of sp³-hybridized carbons (Fsp3) is 0.333. The van der Waals surface area contributed by atoms with Crippen molar-refractivity contribution in [1.29, 1.82) is 0 Å². The summed E-state index contributed by atoms with van der Waals surface area (Å²) in [4.78, 5) is 0. The lowest BCUT2D eigenvalue weighted by atomic mass is 10.0. The molecule has 2 aromatic rings. The molecule has 118 valence electrons. The van der Waals surface area contributed by atoms with Crippen molar-refractivity contribution in [3.63, 3.8) is 0 Å². The fourth-order valence-electron chi connectivity index (χ4n) is 2.60. The van der Waals surface area contributed by atoms with E-state index in [0.717, 1.165) is 16.7 Å². The van der Waals surface area contributed by atoms with Crippen molar-refractivity contribution in [2.75, 3.05) is 6.61 Å². The van der Waals surface area contributed by atoms with Crippen LogP contribution in [0.25, 0.3) is 0 Å². The monoisotopic (exact) mass is 318 g/mol. The van der Waals surface area contributed by atoms with E-state index in [1.54, 1.807) is 12.1 Å². The molecule has 1 unspecified atom stereocenters. The summed E-state index contributed by atoms with van der Waals surface area (Å²) in [5.74, 6) is 0.571. The van der Waals surface area contributed by atoms with Gasteiger partial charge in [0.05, 0.1) is 12.8 Å². The Morgan fingerprint density at radius 1 is 1.00 bits per heavy atom. The number of aryl methyl sites for hydroxylation is 3. The van der Waals surface area contributed by atoms with E-state index in [0.29, 0.717) is 12.4 Å². The molecule has 0 N–H and O–H groups in total. The molecule has 0 amide bonds. The van der Waals surface area contributed by atoms with Gasteiger partial charge in [-0.15, -0.1) is 0 Å². The maximum Gasteiger partial charge on any atom is 0.383 e. The SMILES string of the molecule is CCOP(=O)(Cc1c(C)cc(C)cc1C)Oc1ccccc1. The Morgan fingerprint density at radius 2 is 1.59 bits per heavy atom. The molecule has 4 heteroatoms. The Kier molecular flexibility index (Phi) is 5.44. The van der Waals surface area contributed by atoms with E-state index in [2.05, 4.69) is 19.1 Å². The molecule has 1 atom stereocenters. The summed E-state index contributed by atoms with van der Waals surface area (Å²) in [6.45, 7) is 8.32. The lowest BCUT2D eigenvalue weighted by molar-refractivity contribution is 0.278. The highest BCUT2D eigenvalue weighted by atomic mass is 31.2. The van der Waals surface area contributed by atoms with Gasteiger partial charge in [0, 0.05) is 0 Å². The molecule has 0 saturated carbocycles. The summed E-state index contributed by atoms with van der Waals surface area (Å²) < 4.78 is 24.3. The van der Waals surface area contributed by atoms with Crippen LogP contribution in [0.2, 0.25) is 0 Å². The normalized spacial score (nSPS) is 13.6. The molecule has 0 fully saturated rings. The lowest BCUT2D eigenvalue weighted by Crippen LogP contribution is -2.04. The Labute approximate surface area is 132 Å². The minimum absolute atomic E-state index is 0.285. The van der Waals surface area contributed by atoms with Crippen LogP contribution in [0, 0.1) is 20.8 Å². The van der Waals surface area contributed by atoms with Gasteiger partial charge in [0.15, 0.2) is 0 Å². The molecule has 0 radical (unpaired) electrons. The molecule has 0 saturated heterocycles. The van der Waals surface area contributed by atoms with E-state index in [1.807, 2.05) is 39.0 Å². The van der Waals surface area contributed by atoms with Crippen LogP contribution in [0.4, 0.5) is 0 Å². The van der Waals surface area contributed by atoms with Crippen molar-refractivity contribution in [1.82, 2.24) is 0 Å². The second-order valence-electron chi connectivity index (χ2n) is 5.47. The van der Waals surface area contributed by atoms with Crippen molar-refractivity contribution in [2.45, 2.75) is 33.9 Å². The first-order valence-corrected chi connectivity index (χ1v) is 9.21. The molecule has 0 bridgehead atoms. The molecule has 0 aliphatic heterocycles. The van der Waals surface area contributed by atoms with Crippen molar-refractivity contribution in [3.8, 4) is 5.75 Å². The van der Waals surface area contributed by atoms with Crippen LogP contribution in [0.1, 0.15) is 29.2 Å². The number of para-hydroxylation sites is 1.